The van der Waals surface area contributed by atoms with Gasteiger partial charge in [-0.25, -0.2) is 0 Å². The van der Waals surface area contributed by atoms with Crippen LogP contribution in [0.3, 0.4) is 0 Å². The normalized spacial score (nSPS) is 20.9. The Morgan fingerprint density at radius 1 is 1.44 bits per heavy atom. The van der Waals surface area contributed by atoms with Gasteiger partial charge in [-0.15, -0.1) is 0 Å². The van der Waals surface area contributed by atoms with Crippen LogP contribution in [0.1, 0.15) is 33.6 Å². The summed E-state index contributed by atoms with van der Waals surface area (Å²) >= 11 is 0. The summed E-state index contributed by atoms with van der Waals surface area (Å²) in [5.41, 5.74) is 5.76. The van der Waals surface area contributed by atoms with Gasteiger partial charge in [0.05, 0.1) is 6.04 Å². The molecular formula is C12H24N2O2. The summed E-state index contributed by atoms with van der Waals surface area (Å²) in [6, 6.07) is -0.432. The molecule has 0 saturated carbocycles. The largest absolute Gasteiger partial charge is 0.396 e. The number of nitrogens with zero attached hydrogens (tertiary/aromatic N) is 1. The average molecular weight is 228 g/mol. The first-order valence-electron chi connectivity index (χ1n) is 6.01. The van der Waals surface area contributed by atoms with Crippen LogP contribution in [-0.4, -0.2) is 41.7 Å². The Labute approximate surface area is 97.8 Å². The van der Waals surface area contributed by atoms with Gasteiger partial charge in [0.25, 0.3) is 0 Å². The Morgan fingerprint density at radius 3 is 2.31 bits per heavy atom. The van der Waals surface area contributed by atoms with E-state index in [4.69, 9.17) is 10.8 Å². The molecule has 0 bridgehead atoms. The molecule has 4 heteroatoms. The number of nitrogens with two attached hydrogens (primary N) is 1. The van der Waals surface area contributed by atoms with Crippen LogP contribution in [0.25, 0.3) is 0 Å². The van der Waals surface area contributed by atoms with Crippen molar-refractivity contribution in [2.45, 2.75) is 39.7 Å². The molecule has 16 heavy (non-hydrogen) atoms. The molecule has 0 radical (unpaired) electrons. The van der Waals surface area contributed by atoms with Crippen LogP contribution >= 0.6 is 0 Å². The highest BCUT2D eigenvalue weighted by atomic mass is 16.3. The number of hydrogen-bond acceptors (Lipinski definition) is 3. The van der Waals surface area contributed by atoms with Gasteiger partial charge in [-0.05, 0) is 24.2 Å². The Hall–Kier alpha value is -0.610. The van der Waals surface area contributed by atoms with Crippen molar-refractivity contribution < 1.29 is 9.90 Å². The number of aliphatic hydroxyl groups excluding tert-OH is 1. The number of carbonyl (C=O) groups excluding carboxylic acids is 1. The van der Waals surface area contributed by atoms with Crippen molar-refractivity contribution in [2.24, 2.45) is 17.1 Å². The van der Waals surface area contributed by atoms with E-state index in [1.54, 1.807) is 0 Å². The molecule has 1 saturated heterocycles. The number of rotatable bonds is 2. The number of hydrogen-bond donors (Lipinski definition) is 2. The molecule has 3 N–H and O–H groups in total. The summed E-state index contributed by atoms with van der Waals surface area (Å²) in [6.07, 6.45) is 1.78. The van der Waals surface area contributed by atoms with Crippen LogP contribution < -0.4 is 5.73 Å². The van der Waals surface area contributed by atoms with Crippen molar-refractivity contribution in [1.82, 2.24) is 4.90 Å². The van der Waals surface area contributed by atoms with Crippen molar-refractivity contribution in [3.05, 3.63) is 0 Å². The number of piperidine rings is 1. The highest BCUT2D eigenvalue weighted by Crippen LogP contribution is 2.22. The van der Waals surface area contributed by atoms with E-state index in [9.17, 15) is 4.79 Å². The monoisotopic (exact) mass is 228 g/mol. The molecule has 0 aromatic carbocycles. The zero-order valence-electron chi connectivity index (χ0n) is 10.6. The second-order valence-corrected chi connectivity index (χ2v) is 5.79. The molecule has 1 aliphatic rings. The maximum Gasteiger partial charge on any atom is 0.240 e. The fourth-order valence-corrected chi connectivity index (χ4v) is 1.90. The Kier molecular flexibility index (Phi) is 4.33. The smallest absolute Gasteiger partial charge is 0.240 e. The molecule has 1 heterocycles. The van der Waals surface area contributed by atoms with Gasteiger partial charge in [-0.3, -0.25) is 4.79 Å². The van der Waals surface area contributed by atoms with Gasteiger partial charge < -0.3 is 15.7 Å². The number of aliphatic hydroxyl groups is 1. The predicted octanol–water partition coefficient (Wildman–Crippen LogP) is 0.591. The van der Waals surface area contributed by atoms with Gasteiger partial charge in [0.1, 0.15) is 0 Å². The first-order valence-corrected chi connectivity index (χ1v) is 6.01. The van der Waals surface area contributed by atoms with Crippen LogP contribution in [0.15, 0.2) is 0 Å². The second-order valence-electron chi connectivity index (χ2n) is 5.79. The predicted molar refractivity (Wildman–Crippen MR) is 63.8 cm³/mol. The molecule has 0 aromatic rings. The van der Waals surface area contributed by atoms with E-state index in [1.807, 2.05) is 25.7 Å². The lowest BCUT2D eigenvalue weighted by Crippen LogP contribution is -2.52. The quantitative estimate of drug-likeness (QED) is 0.727. The second kappa shape index (κ2) is 5.15. The van der Waals surface area contributed by atoms with Crippen molar-refractivity contribution >= 4 is 5.91 Å². The van der Waals surface area contributed by atoms with Crippen molar-refractivity contribution in [2.75, 3.05) is 19.7 Å². The topological polar surface area (TPSA) is 66.6 Å². The minimum atomic E-state index is -0.432. The summed E-state index contributed by atoms with van der Waals surface area (Å²) in [4.78, 5) is 13.9. The maximum atomic E-state index is 12.1. The van der Waals surface area contributed by atoms with Gasteiger partial charge in [0.15, 0.2) is 0 Å². The molecule has 0 aliphatic carbocycles. The molecule has 94 valence electrons. The molecule has 1 amide bonds. The van der Waals surface area contributed by atoms with Crippen LogP contribution in [0.4, 0.5) is 0 Å². The third kappa shape index (κ3) is 3.19. The standard InChI is InChI=1S/C12H24N2O2/c1-12(2,3)10(13)11(16)14-6-4-9(8-15)5-7-14/h9-10,15H,4-8,13H2,1-3H3. The van der Waals surface area contributed by atoms with Crippen LogP contribution in [0, 0.1) is 11.3 Å². The fraction of sp³-hybridized carbons (Fsp3) is 0.917. The summed E-state index contributed by atoms with van der Waals surface area (Å²) < 4.78 is 0. The molecule has 1 fully saturated rings. The minimum Gasteiger partial charge on any atom is -0.396 e. The third-order valence-corrected chi connectivity index (χ3v) is 3.38. The fourth-order valence-electron chi connectivity index (χ4n) is 1.90. The molecule has 1 atom stereocenters. The summed E-state index contributed by atoms with van der Waals surface area (Å²) in [6.45, 7) is 7.64. The molecule has 1 unspecified atom stereocenters. The minimum absolute atomic E-state index is 0.0453. The molecule has 1 rings (SSSR count). The lowest BCUT2D eigenvalue weighted by molar-refractivity contribution is -0.136. The summed E-state index contributed by atoms with van der Waals surface area (Å²) in [7, 11) is 0. The Morgan fingerprint density at radius 2 is 1.94 bits per heavy atom. The van der Waals surface area contributed by atoms with E-state index >= 15 is 0 Å². The molecular weight excluding hydrogens is 204 g/mol. The van der Waals surface area contributed by atoms with Crippen LogP contribution in [0.2, 0.25) is 0 Å². The zero-order chi connectivity index (χ0) is 12.3. The third-order valence-electron chi connectivity index (χ3n) is 3.38. The first-order chi connectivity index (χ1) is 7.36. The molecule has 0 aromatic heterocycles. The number of likely N-dealkylation sites (tertiary alicyclic amines) is 1. The van der Waals surface area contributed by atoms with Crippen LogP contribution in [-0.2, 0) is 4.79 Å². The van der Waals surface area contributed by atoms with E-state index in [0.29, 0.717) is 5.92 Å². The Bertz CT molecular complexity index is 240. The van der Waals surface area contributed by atoms with Crippen LogP contribution in [0.5, 0.6) is 0 Å². The highest BCUT2D eigenvalue weighted by molar-refractivity contribution is 5.82. The van der Waals surface area contributed by atoms with Gasteiger partial charge in [0.2, 0.25) is 5.91 Å². The van der Waals surface area contributed by atoms with E-state index in [2.05, 4.69) is 0 Å². The van der Waals surface area contributed by atoms with Gasteiger partial charge in [-0.2, -0.15) is 0 Å². The van der Waals surface area contributed by atoms with E-state index < -0.39 is 6.04 Å². The zero-order valence-corrected chi connectivity index (χ0v) is 10.6. The van der Waals surface area contributed by atoms with Crippen molar-refractivity contribution in [3.8, 4) is 0 Å². The molecule has 0 spiro atoms. The van der Waals surface area contributed by atoms with Crippen molar-refractivity contribution in [3.63, 3.8) is 0 Å². The van der Waals surface area contributed by atoms with Crippen molar-refractivity contribution in [1.29, 1.82) is 0 Å². The molecule has 4 nitrogen and oxygen atoms in total. The van der Waals surface area contributed by atoms with Gasteiger partial charge >= 0.3 is 0 Å². The van der Waals surface area contributed by atoms with Gasteiger partial charge in [-0.1, -0.05) is 20.8 Å². The lowest BCUT2D eigenvalue weighted by Gasteiger charge is -2.36. The van der Waals surface area contributed by atoms with E-state index in [0.717, 1.165) is 25.9 Å². The summed E-state index contributed by atoms with van der Waals surface area (Å²) in [5.74, 6) is 0.402. The number of amides is 1. The highest BCUT2D eigenvalue weighted by Gasteiger charge is 2.32. The lowest BCUT2D eigenvalue weighted by atomic mass is 9.86. The van der Waals surface area contributed by atoms with Gasteiger partial charge in [0, 0.05) is 19.7 Å². The SMILES string of the molecule is CC(C)(C)C(N)C(=O)N1CCC(CO)CC1. The maximum absolute atomic E-state index is 12.1. The Balaban J connectivity index is 2.51. The van der Waals surface area contributed by atoms with E-state index in [1.165, 1.54) is 0 Å². The average Bonchev–Trinajstić information content (AvgIpc) is 2.26. The molecule has 1 aliphatic heterocycles. The van der Waals surface area contributed by atoms with E-state index in [-0.39, 0.29) is 17.9 Å². The summed E-state index contributed by atoms with van der Waals surface area (Å²) in [5, 5.41) is 9.03. The number of carbonyl (C=O) groups is 1. The first kappa shape index (κ1) is 13.5.